The Hall–Kier alpha value is -1.11. The highest BCUT2D eigenvalue weighted by Gasteiger charge is 2.11. The molecular weight excluding hydrogens is 257 g/mol. The lowest BCUT2D eigenvalue weighted by Gasteiger charge is -2.07. The van der Waals surface area contributed by atoms with Crippen molar-refractivity contribution in [3.63, 3.8) is 0 Å². The predicted octanol–water partition coefficient (Wildman–Crippen LogP) is 1.51. The van der Waals surface area contributed by atoms with Crippen LogP contribution >= 0.6 is 12.6 Å². The minimum absolute atomic E-state index is 0.0145. The molecular formula is C12H16FNO3S. The average molecular weight is 273 g/mol. The van der Waals surface area contributed by atoms with E-state index < -0.39 is 11.7 Å². The van der Waals surface area contributed by atoms with Crippen molar-refractivity contribution >= 4 is 18.5 Å². The quantitative estimate of drug-likeness (QED) is 0.585. The van der Waals surface area contributed by atoms with Gasteiger partial charge < -0.3 is 14.8 Å². The Bertz CT molecular complexity index is 401. The molecule has 0 atom stereocenters. The highest BCUT2D eigenvalue weighted by molar-refractivity contribution is 7.80. The highest BCUT2D eigenvalue weighted by atomic mass is 32.1. The van der Waals surface area contributed by atoms with E-state index in [1.807, 2.05) is 0 Å². The number of hydrogen-bond acceptors (Lipinski definition) is 4. The molecule has 0 saturated carbocycles. The van der Waals surface area contributed by atoms with Crippen LogP contribution in [0.4, 0.5) is 4.39 Å². The Labute approximate surface area is 111 Å². The average Bonchev–Trinajstić information content (AvgIpc) is 2.36. The van der Waals surface area contributed by atoms with Gasteiger partial charge in [0.1, 0.15) is 5.82 Å². The molecule has 0 aliphatic rings. The number of rotatable bonds is 7. The molecule has 1 aromatic rings. The van der Waals surface area contributed by atoms with Crippen molar-refractivity contribution in [3.05, 3.63) is 29.6 Å². The Morgan fingerprint density at radius 3 is 2.89 bits per heavy atom. The Morgan fingerprint density at radius 1 is 1.39 bits per heavy atom. The molecule has 18 heavy (non-hydrogen) atoms. The molecule has 0 fully saturated rings. The first-order valence-corrected chi connectivity index (χ1v) is 5.93. The van der Waals surface area contributed by atoms with Crippen LogP contribution in [-0.4, -0.2) is 39.4 Å². The number of halogens is 1. The molecule has 0 spiro atoms. The van der Waals surface area contributed by atoms with Crippen LogP contribution < -0.4 is 5.32 Å². The largest absolute Gasteiger partial charge is 0.382 e. The Balaban J connectivity index is 2.34. The van der Waals surface area contributed by atoms with Crippen LogP contribution in [0.5, 0.6) is 0 Å². The molecule has 0 aromatic heterocycles. The molecule has 0 heterocycles. The first-order chi connectivity index (χ1) is 8.65. The minimum atomic E-state index is -0.564. The van der Waals surface area contributed by atoms with E-state index in [0.29, 0.717) is 31.3 Å². The topological polar surface area (TPSA) is 47.6 Å². The summed E-state index contributed by atoms with van der Waals surface area (Å²) in [4.78, 5) is 12.2. The zero-order chi connectivity index (χ0) is 13.4. The molecule has 1 aromatic carbocycles. The number of carbonyl (C=O) groups excluding carboxylic acids is 1. The molecule has 1 N–H and O–H groups in total. The second-order valence-corrected chi connectivity index (χ2v) is 4.04. The van der Waals surface area contributed by atoms with Gasteiger partial charge in [-0.1, -0.05) is 0 Å². The number of benzene rings is 1. The molecule has 6 heteroatoms. The number of carbonyl (C=O) groups is 1. The van der Waals surface area contributed by atoms with Gasteiger partial charge in [-0.05, 0) is 18.2 Å². The van der Waals surface area contributed by atoms with E-state index in [2.05, 4.69) is 17.9 Å². The zero-order valence-electron chi connectivity index (χ0n) is 10.1. The maximum atomic E-state index is 13.4. The van der Waals surface area contributed by atoms with Gasteiger partial charge in [0.05, 0.1) is 25.4 Å². The summed E-state index contributed by atoms with van der Waals surface area (Å²) in [5.74, 6) is -1.04. The lowest BCUT2D eigenvalue weighted by molar-refractivity contribution is 0.0692. The normalized spacial score (nSPS) is 10.4. The smallest absolute Gasteiger partial charge is 0.254 e. The van der Waals surface area contributed by atoms with Crippen molar-refractivity contribution in [3.8, 4) is 0 Å². The molecule has 100 valence electrons. The van der Waals surface area contributed by atoms with Gasteiger partial charge in [-0.25, -0.2) is 4.39 Å². The first kappa shape index (κ1) is 14.9. The van der Waals surface area contributed by atoms with Crippen LogP contribution in [0.15, 0.2) is 23.1 Å². The standard InChI is InChI=1S/C12H16FNO3S/c1-16-6-7-17-5-4-14-12(15)10-8-9(18)2-3-11(10)13/h2-3,8,18H,4-7H2,1H3,(H,14,15). The summed E-state index contributed by atoms with van der Waals surface area (Å²) in [6.07, 6.45) is 0. The van der Waals surface area contributed by atoms with E-state index >= 15 is 0 Å². The zero-order valence-corrected chi connectivity index (χ0v) is 11.0. The molecule has 1 amide bonds. The van der Waals surface area contributed by atoms with Crippen LogP contribution in [0.1, 0.15) is 10.4 Å². The van der Waals surface area contributed by atoms with E-state index in [-0.39, 0.29) is 5.56 Å². The summed E-state index contributed by atoms with van der Waals surface area (Å²) >= 11 is 4.06. The molecule has 4 nitrogen and oxygen atoms in total. The molecule has 1 rings (SSSR count). The maximum absolute atomic E-state index is 13.4. The Morgan fingerprint density at radius 2 is 2.17 bits per heavy atom. The van der Waals surface area contributed by atoms with Gasteiger partial charge in [0.15, 0.2) is 0 Å². The van der Waals surface area contributed by atoms with Crippen molar-refractivity contribution in [1.29, 1.82) is 0 Å². The number of hydrogen-bond donors (Lipinski definition) is 2. The van der Waals surface area contributed by atoms with E-state index in [4.69, 9.17) is 9.47 Å². The van der Waals surface area contributed by atoms with Gasteiger partial charge >= 0.3 is 0 Å². The third-order valence-electron chi connectivity index (χ3n) is 2.16. The molecule has 0 saturated heterocycles. The van der Waals surface area contributed by atoms with Crippen molar-refractivity contribution in [1.82, 2.24) is 5.32 Å². The number of nitrogens with one attached hydrogen (secondary N) is 1. The Kier molecular flexibility index (Phi) is 6.70. The second kappa shape index (κ2) is 8.07. The lowest BCUT2D eigenvalue weighted by atomic mass is 10.2. The summed E-state index contributed by atoms with van der Waals surface area (Å²) in [5, 5.41) is 2.57. The van der Waals surface area contributed by atoms with Gasteiger partial charge in [0.25, 0.3) is 5.91 Å². The summed E-state index contributed by atoms with van der Waals surface area (Å²) in [5.41, 5.74) is -0.0145. The number of amides is 1. The molecule has 0 bridgehead atoms. The highest BCUT2D eigenvalue weighted by Crippen LogP contribution is 2.13. The van der Waals surface area contributed by atoms with E-state index in [1.54, 1.807) is 7.11 Å². The van der Waals surface area contributed by atoms with Crippen molar-refractivity contribution in [2.45, 2.75) is 4.90 Å². The second-order valence-electron chi connectivity index (χ2n) is 3.53. The predicted molar refractivity (Wildman–Crippen MR) is 68.7 cm³/mol. The fourth-order valence-electron chi connectivity index (χ4n) is 1.26. The minimum Gasteiger partial charge on any atom is -0.382 e. The first-order valence-electron chi connectivity index (χ1n) is 5.48. The molecule has 0 aliphatic heterocycles. The van der Waals surface area contributed by atoms with E-state index in [0.717, 1.165) is 0 Å². The van der Waals surface area contributed by atoms with Gasteiger partial charge in [-0.2, -0.15) is 0 Å². The number of thiol groups is 1. The van der Waals surface area contributed by atoms with E-state index in [1.165, 1.54) is 18.2 Å². The van der Waals surface area contributed by atoms with Crippen LogP contribution in [0.25, 0.3) is 0 Å². The van der Waals surface area contributed by atoms with Crippen molar-refractivity contribution in [2.24, 2.45) is 0 Å². The van der Waals surface area contributed by atoms with Gasteiger partial charge in [-0.15, -0.1) is 12.6 Å². The van der Waals surface area contributed by atoms with E-state index in [9.17, 15) is 9.18 Å². The molecule has 0 unspecified atom stereocenters. The van der Waals surface area contributed by atoms with Crippen molar-refractivity contribution < 1.29 is 18.7 Å². The summed E-state index contributed by atoms with van der Waals surface area (Å²) in [7, 11) is 1.58. The van der Waals surface area contributed by atoms with Gasteiger partial charge in [0.2, 0.25) is 0 Å². The third-order valence-corrected chi connectivity index (χ3v) is 2.44. The molecule has 0 radical (unpaired) electrons. The third kappa shape index (κ3) is 5.03. The summed E-state index contributed by atoms with van der Waals surface area (Å²) in [6, 6.07) is 4.09. The lowest BCUT2D eigenvalue weighted by Crippen LogP contribution is -2.28. The van der Waals surface area contributed by atoms with Crippen LogP contribution in [0, 0.1) is 5.82 Å². The van der Waals surface area contributed by atoms with Crippen LogP contribution in [0.3, 0.4) is 0 Å². The van der Waals surface area contributed by atoms with Gasteiger partial charge in [0, 0.05) is 18.6 Å². The van der Waals surface area contributed by atoms with Crippen LogP contribution in [0.2, 0.25) is 0 Å². The molecule has 0 aliphatic carbocycles. The van der Waals surface area contributed by atoms with Crippen LogP contribution in [-0.2, 0) is 9.47 Å². The number of ether oxygens (including phenoxy) is 2. The summed E-state index contributed by atoms with van der Waals surface area (Å²) < 4.78 is 23.3. The fraction of sp³-hybridized carbons (Fsp3) is 0.417. The van der Waals surface area contributed by atoms with Gasteiger partial charge in [-0.3, -0.25) is 4.79 Å². The number of methoxy groups -OCH3 is 1. The van der Waals surface area contributed by atoms with Crippen molar-refractivity contribution in [2.75, 3.05) is 33.5 Å². The maximum Gasteiger partial charge on any atom is 0.254 e. The SMILES string of the molecule is COCCOCCNC(=O)c1cc(S)ccc1F. The fourth-order valence-corrected chi connectivity index (χ4v) is 1.47. The summed E-state index contributed by atoms with van der Waals surface area (Å²) in [6.45, 7) is 1.65. The monoisotopic (exact) mass is 273 g/mol.